The van der Waals surface area contributed by atoms with Crippen molar-refractivity contribution in [2.24, 2.45) is 5.73 Å². The van der Waals surface area contributed by atoms with E-state index >= 15 is 0 Å². The summed E-state index contributed by atoms with van der Waals surface area (Å²) >= 11 is 0. The van der Waals surface area contributed by atoms with E-state index in [1.807, 2.05) is 19.1 Å². The van der Waals surface area contributed by atoms with E-state index in [-0.39, 0.29) is 12.2 Å². The van der Waals surface area contributed by atoms with Crippen molar-refractivity contribution < 1.29 is 9.53 Å². The summed E-state index contributed by atoms with van der Waals surface area (Å²) in [5.74, 6) is -0.461. The summed E-state index contributed by atoms with van der Waals surface area (Å²) in [4.78, 5) is 23.9. The van der Waals surface area contributed by atoms with E-state index in [0.717, 1.165) is 11.4 Å². The van der Waals surface area contributed by atoms with Gasteiger partial charge in [-0.25, -0.2) is 4.79 Å². The number of anilines is 1. The number of hydrogen-bond donors (Lipinski definition) is 2. The maximum atomic E-state index is 12.1. The molecule has 6 heteroatoms. The Morgan fingerprint density at radius 2 is 2.13 bits per heavy atom. The van der Waals surface area contributed by atoms with E-state index in [4.69, 9.17) is 10.5 Å². The van der Waals surface area contributed by atoms with E-state index in [1.54, 1.807) is 19.1 Å². The molecule has 0 aliphatic carbocycles. The molecule has 0 fully saturated rings. The molecule has 0 aliphatic rings. The van der Waals surface area contributed by atoms with Gasteiger partial charge in [0.25, 0.3) is 5.56 Å². The van der Waals surface area contributed by atoms with Crippen molar-refractivity contribution in [2.45, 2.75) is 13.8 Å². The number of esters is 1. The number of nitrogens with two attached hydrogens (primary N) is 1. The van der Waals surface area contributed by atoms with Gasteiger partial charge in [-0.2, -0.15) is 0 Å². The molecule has 6 nitrogen and oxygen atoms in total. The molecular weight excluding hydrogens is 294 g/mol. The van der Waals surface area contributed by atoms with Crippen molar-refractivity contribution in [1.82, 2.24) is 4.57 Å². The Hall–Kier alpha value is -3.02. The van der Waals surface area contributed by atoms with Gasteiger partial charge >= 0.3 is 5.97 Å². The van der Waals surface area contributed by atoms with Gasteiger partial charge in [0, 0.05) is 29.8 Å². The molecular formula is C17H19N3O3. The van der Waals surface area contributed by atoms with Crippen molar-refractivity contribution in [3.63, 3.8) is 0 Å². The normalized spacial score (nSPS) is 11.1. The number of pyridine rings is 1. The summed E-state index contributed by atoms with van der Waals surface area (Å²) in [6, 6.07) is 10.0. The van der Waals surface area contributed by atoms with E-state index in [1.165, 1.54) is 29.1 Å². The highest BCUT2D eigenvalue weighted by atomic mass is 16.5. The molecule has 0 radical (unpaired) electrons. The molecule has 2 rings (SSSR count). The molecule has 0 atom stereocenters. The number of carbonyl (C=O) groups excluding carboxylic acids is 1. The van der Waals surface area contributed by atoms with Gasteiger partial charge in [0.2, 0.25) is 0 Å². The van der Waals surface area contributed by atoms with Crippen LogP contribution in [0.4, 0.5) is 5.69 Å². The maximum absolute atomic E-state index is 12.1. The van der Waals surface area contributed by atoms with Gasteiger partial charge in [-0.1, -0.05) is 6.07 Å². The van der Waals surface area contributed by atoms with E-state index in [2.05, 4.69) is 5.32 Å². The second-order valence-corrected chi connectivity index (χ2v) is 4.87. The number of nitrogens with zero attached hydrogens (tertiary/aromatic N) is 1. The summed E-state index contributed by atoms with van der Waals surface area (Å²) in [5.41, 5.74) is 7.74. The predicted molar refractivity (Wildman–Crippen MR) is 89.6 cm³/mol. The predicted octanol–water partition coefficient (Wildman–Crippen LogP) is 2.25. The average molecular weight is 313 g/mol. The first kappa shape index (κ1) is 16.4. The zero-order chi connectivity index (χ0) is 16.8. The number of carbonyl (C=O) groups is 1. The van der Waals surface area contributed by atoms with Crippen LogP contribution in [0.1, 0.15) is 24.2 Å². The van der Waals surface area contributed by atoms with Crippen LogP contribution < -0.4 is 16.6 Å². The molecule has 0 bridgehead atoms. The molecule has 1 aromatic heterocycles. The molecule has 0 aliphatic heterocycles. The summed E-state index contributed by atoms with van der Waals surface area (Å²) in [6.07, 6.45) is 2.94. The van der Waals surface area contributed by atoms with E-state index < -0.39 is 5.97 Å². The van der Waals surface area contributed by atoms with Crippen LogP contribution in [0.25, 0.3) is 5.69 Å². The second kappa shape index (κ2) is 7.31. The van der Waals surface area contributed by atoms with Gasteiger partial charge in [-0.3, -0.25) is 9.36 Å². The first-order chi connectivity index (χ1) is 11.0. The van der Waals surface area contributed by atoms with Crippen molar-refractivity contribution >= 4 is 11.7 Å². The van der Waals surface area contributed by atoms with Gasteiger partial charge in [0.05, 0.1) is 17.9 Å². The number of nitrogens with one attached hydrogen (secondary N) is 1. The van der Waals surface area contributed by atoms with E-state index in [0.29, 0.717) is 11.3 Å². The lowest BCUT2D eigenvalue weighted by Gasteiger charge is -2.11. The van der Waals surface area contributed by atoms with Crippen LogP contribution in [0.15, 0.2) is 59.3 Å². The fourth-order valence-corrected chi connectivity index (χ4v) is 2.03. The quantitative estimate of drug-likeness (QED) is 0.827. The zero-order valence-electron chi connectivity index (χ0n) is 13.1. The first-order valence-corrected chi connectivity index (χ1v) is 7.21. The van der Waals surface area contributed by atoms with Crippen molar-refractivity contribution in [3.8, 4) is 5.69 Å². The van der Waals surface area contributed by atoms with Crippen LogP contribution in [0.3, 0.4) is 0 Å². The summed E-state index contributed by atoms with van der Waals surface area (Å²) in [6.45, 7) is 3.85. The highest BCUT2D eigenvalue weighted by Gasteiger charge is 2.09. The van der Waals surface area contributed by atoms with Crippen molar-refractivity contribution in [2.75, 3.05) is 11.9 Å². The van der Waals surface area contributed by atoms with Gasteiger partial charge in [-0.05, 0) is 38.1 Å². The van der Waals surface area contributed by atoms with Crippen LogP contribution in [0.2, 0.25) is 0 Å². The number of ether oxygens (including phenoxy) is 1. The fourth-order valence-electron chi connectivity index (χ4n) is 2.03. The fraction of sp³-hybridized carbons (Fsp3) is 0.176. The number of aromatic nitrogens is 1. The molecule has 0 spiro atoms. The lowest BCUT2D eigenvalue weighted by molar-refractivity contribution is 0.0525. The lowest BCUT2D eigenvalue weighted by Crippen LogP contribution is -2.19. The molecule has 0 unspecified atom stereocenters. The Bertz CT molecular complexity index is 794. The van der Waals surface area contributed by atoms with Gasteiger partial charge in [0.15, 0.2) is 0 Å². The summed E-state index contributed by atoms with van der Waals surface area (Å²) in [5, 5.41) is 3.11. The largest absolute Gasteiger partial charge is 0.462 e. The Kier molecular flexibility index (Phi) is 5.19. The van der Waals surface area contributed by atoms with Crippen LogP contribution in [0, 0.1) is 0 Å². The second-order valence-electron chi connectivity index (χ2n) is 4.87. The van der Waals surface area contributed by atoms with Crippen LogP contribution >= 0.6 is 0 Å². The highest BCUT2D eigenvalue weighted by Crippen LogP contribution is 2.15. The summed E-state index contributed by atoms with van der Waals surface area (Å²) < 4.78 is 6.36. The Labute approximate surface area is 134 Å². The smallest absolute Gasteiger partial charge is 0.339 e. The number of allylic oxidation sites excluding steroid dienone is 1. The minimum absolute atomic E-state index is 0.235. The third-order valence-electron chi connectivity index (χ3n) is 3.14. The topological polar surface area (TPSA) is 86.4 Å². The van der Waals surface area contributed by atoms with Crippen molar-refractivity contribution in [1.29, 1.82) is 0 Å². The van der Waals surface area contributed by atoms with Gasteiger partial charge in [0.1, 0.15) is 0 Å². The van der Waals surface area contributed by atoms with Crippen molar-refractivity contribution in [3.05, 3.63) is 70.4 Å². The van der Waals surface area contributed by atoms with Crippen LogP contribution in [0.5, 0.6) is 0 Å². The van der Waals surface area contributed by atoms with Crippen LogP contribution in [-0.2, 0) is 4.74 Å². The molecule has 0 saturated heterocycles. The minimum Gasteiger partial charge on any atom is -0.462 e. The molecule has 0 amide bonds. The lowest BCUT2D eigenvalue weighted by atomic mass is 10.2. The standard InChI is InChI=1S/C17H19N3O3/c1-3-23-17(22)13-7-8-16(21)20(11-13)15-6-4-5-14(9-15)19-12(2)10-18/h4-11,19H,3,18H2,1-2H3/b12-10-. The first-order valence-electron chi connectivity index (χ1n) is 7.21. The highest BCUT2D eigenvalue weighted by molar-refractivity contribution is 5.89. The number of benzene rings is 1. The maximum Gasteiger partial charge on any atom is 0.339 e. The Balaban J connectivity index is 2.41. The Morgan fingerprint density at radius 1 is 1.35 bits per heavy atom. The monoisotopic (exact) mass is 313 g/mol. The molecule has 1 aromatic carbocycles. The van der Waals surface area contributed by atoms with Gasteiger partial charge < -0.3 is 15.8 Å². The molecule has 1 heterocycles. The Morgan fingerprint density at radius 3 is 2.83 bits per heavy atom. The number of hydrogen-bond acceptors (Lipinski definition) is 5. The zero-order valence-corrected chi connectivity index (χ0v) is 13.1. The average Bonchev–Trinajstić information content (AvgIpc) is 2.55. The summed E-state index contributed by atoms with van der Waals surface area (Å²) in [7, 11) is 0. The SMILES string of the molecule is CCOC(=O)c1ccc(=O)n(-c2cccc(N/C(C)=C\N)c2)c1. The molecule has 23 heavy (non-hydrogen) atoms. The van der Waals surface area contributed by atoms with Crippen LogP contribution in [-0.4, -0.2) is 17.1 Å². The van der Waals surface area contributed by atoms with E-state index in [9.17, 15) is 9.59 Å². The third-order valence-corrected chi connectivity index (χ3v) is 3.14. The molecule has 0 saturated carbocycles. The number of rotatable bonds is 5. The molecule has 120 valence electrons. The van der Waals surface area contributed by atoms with Gasteiger partial charge in [-0.15, -0.1) is 0 Å². The minimum atomic E-state index is -0.461. The molecule has 3 N–H and O–H groups in total. The molecule has 2 aromatic rings. The third kappa shape index (κ3) is 4.00.